The molecule has 1 aromatic rings. The van der Waals surface area contributed by atoms with E-state index in [0.717, 1.165) is 0 Å². The third-order valence-corrected chi connectivity index (χ3v) is 2.85. The minimum Gasteiger partial charge on any atom is -0.271 e. The lowest BCUT2D eigenvalue weighted by molar-refractivity contribution is -0.137. The van der Waals surface area contributed by atoms with Crippen molar-refractivity contribution >= 4 is 0 Å². The highest BCUT2D eigenvalue weighted by Gasteiger charge is 2.32. The second-order valence-corrected chi connectivity index (χ2v) is 4.46. The predicted molar refractivity (Wildman–Crippen MR) is 61.4 cm³/mol. The van der Waals surface area contributed by atoms with E-state index in [1.54, 1.807) is 0 Å². The van der Waals surface area contributed by atoms with Gasteiger partial charge in [0.05, 0.1) is 5.56 Å². The first kappa shape index (κ1) is 17.7. The summed E-state index contributed by atoms with van der Waals surface area (Å²) < 4.78 is 87.3. The lowest BCUT2D eigenvalue weighted by atomic mass is 9.98. The standard InChI is InChI=1S/C12H13F7N2/c13-9-4-3-7(12(17,18)19)6-8(9)10(21-20)2-1-5-11(14,15)16/h3-4,6,10,21H,1-2,5,20H2. The minimum atomic E-state index is -4.67. The molecule has 0 saturated carbocycles. The molecular formula is C12H13F7N2. The molecule has 9 heteroatoms. The van der Waals surface area contributed by atoms with Gasteiger partial charge in [-0.05, 0) is 31.0 Å². The molecule has 0 aliphatic carbocycles. The van der Waals surface area contributed by atoms with Crippen molar-refractivity contribution in [1.29, 1.82) is 0 Å². The summed E-state index contributed by atoms with van der Waals surface area (Å²) >= 11 is 0. The Hall–Kier alpha value is -1.35. The molecular weight excluding hydrogens is 305 g/mol. The minimum absolute atomic E-state index is 0.242. The second kappa shape index (κ2) is 6.61. The van der Waals surface area contributed by atoms with Gasteiger partial charge < -0.3 is 0 Å². The van der Waals surface area contributed by atoms with Gasteiger partial charge in [0.15, 0.2) is 0 Å². The Bertz CT molecular complexity index is 468. The second-order valence-electron chi connectivity index (χ2n) is 4.46. The number of nitrogens with one attached hydrogen (secondary N) is 1. The van der Waals surface area contributed by atoms with E-state index in [1.165, 1.54) is 0 Å². The smallest absolute Gasteiger partial charge is 0.271 e. The van der Waals surface area contributed by atoms with Gasteiger partial charge in [0.25, 0.3) is 0 Å². The number of rotatable bonds is 5. The Balaban J connectivity index is 2.89. The van der Waals surface area contributed by atoms with E-state index < -0.39 is 41.8 Å². The normalized spacial score (nSPS) is 14.3. The van der Waals surface area contributed by atoms with E-state index in [2.05, 4.69) is 0 Å². The summed E-state index contributed by atoms with van der Waals surface area (Å²) in [6, 6.07) is 0.594. The summed E-state index contributed by atoms with van der Waals surface area (Å²) in [5.74, 6) is 4.14. The number of benzene rings is 1. The zero-order valence-electron chi connectivity index (χ0n) is 10.7. The Labute approximate surface area is 116 Å². The Kier molecular flexibility index (Phi) is 5.57. The summed E-state index contributed by atoms with van der Waals surface area (Å²) in [6.07, 6.45) is -10.8. The van der Waals surface area contributed by atoms with Crippen LogP contribution in [-0.2, 0) is 6.18 Å². The van der Waals surface area contributed by atoms with E-state index in [4.69, 9.17) is 5.84 Å². The highest BCUT2D eigenvalue weighted by Crippen LogP contribution is 2.33. The lowest BCUT2D eigenvalue weighted by Crippen LogP contribution is -2.29. The van der Waals surface area contributed by atoms with Gasteiger partial charge in [0.2, 0.25) is 0 Å². The third kappa shape index (κ3) is 5.50. The molecule has 0 heterocycles. The van der Waals surface area contributed by atoms with E-state index in [-0.39, 0.29) is 12.8 Å². The number of hydrogen-bond acceptors (Lipinski definition) is 2. The highest BCUT2D eigenvalue weighted by atomic mass is 19.4. The molecule has 120 valence electrons. The van der Waals surface area contributed by atoms with Crippen molar-refractivity contribution in [3.63, 3.8) is 0 Å². The average molecular weight is 318 g/mol. The first-order valence-electron chi connectivity index (χ1n) is 5.94. The molecule has 21 heavy (non-hydrogen) atoms. The number of halogens is 7. The Morgan fingerprint density at radius 3 is 2.19 bits per heavy atom. The number of hydrogen-bond donors (Lipinski definition) is 2. The number of nitrogens with two attached hydrogens (primary N) is 1. The van der Waals surface area contributed by atoms with E-state index in [1.807, 2.05) is 5.43 Å². The van der Waals surface area contributed by atoms with Crippen LogP contribution in [0.1, 0.15) is 36.4 Å². The molecule has 1 unspecified atom stereocenters. The maximum Gasteiger partial charge on any atom is 0.416 e. The molecule has 2 nitrogen and oxygen atoms in total. The number of hydrazine groups is 1. The van der Waals surface area contributed by atoms with Crippen molar-refractivity contribution in [2.45, 2.75) is 37.7 Å². The molecule has 0 aliphatic rings. The van der Waals surface area contributed by atoms with Crippen LogP contribution in [0.4, 0.5) is 30.7 Å². The fraction of sp³-hybridized carbons (Fsp3) is 0.500. The molecule has 3 N–H and O–H groups in total. The molecule has 0 fully saturated rings. The van der Waals surface area contributed by atoms with Crippen LogP contribution in [0.25, 0.3) is 0 Å². The SMILES string of the molecule is NNC(CCCC(F)(F)F)c1cc(C(F)(F)F)ccc1F. The molecule has 0 aliphatic heterocycles. The van der Waals surface area contributed by atoms with Gasteiger partial charge in [0.1, 0.15) is 5.82 Å². The molecule has 1 rings (SSSR count). The van der Waals surface area contributed by atoms with Crippen molar-refractivity contribution < 1.29 is 30.7 Å². The van der Waals surface area contributed by atoms with Crippen LogP contribution in [-0.4, -0.2) is 6.18 Å². The largest absolute Gasteiger partial charge is 0.416 e. The van der Waals surface area contributed by atoms with Gasteiger partial charge in [-0.3, -0.25) is 11.3 Å². The van der Waals surface area contributed by atoms with E-state index in [0.29, 0.717) is 18.2 Å². The van der Waals surface area contributed by atoms with Gasteiger partial charge in [-0.15, -0.1) is 0 Å². The Morgan fingerprint density at radius 2 is 1.71 bits per heavy atom. The molecule has 0 aromatic heterocycles. The monoisotopic (exact) mass is 318 g/mol. The maximum absolute atomic E-state index is 13.6. The molecule has 0 radical (unpaired) electrons. The lowest BCUT2D eigenvalue weighted by Gasteiger charge is -2.19. The van der Waals surface area contributed by atoms with Gasteiger partial charge in [-0.1, -0.05) is 0 Å². The van der Waals surface area contributed by atoms with Gasteiger partial charge in [-0.25, -0.2) is 4.39 Å². The first-order valence-corrected chi connectivity index (χ1v) is 5.94. The van der Waals surface area contributed by atoms with Crippen LogP contribution in [0.15, 0.2) is 18.2 Å². The van der Waals surface area contributed by atoms with Crippen molar-refractivity contribution in [2.24, 2.45) is 5.84 Å². The van der Waals surface area contributed by atoms with Crippen LogP contribution < -0.4 is 11.3 Å². The topological polar surface area (TPSA) is 38.0 Å². The number of alkyl halides is 6. The van der Waals surface area contributed by atoms with Gasteiger partial charge in [-0.2, -0.15) is 26.3 Å². The van der Waals surface area contributed by atoms with Gasteiger partial charge in [0, 0.05) is 18.0 Å². The van der Waals surface area contributed by atoms with Crippen molar-refractivity contribution in [1.82, 2.24) is 5.43 Å². The van der Waals surface area contributed by atoms with E-state index in [9.17, 15) is 30.7 Å². The molecule has 0 bridgehead atoms. The summed E-state index contributed by atoms with van der Waals surface area (Å²) in [5, 5.41) is 0. The third-order valence-electron chi connectivity index (χ3n) is 2.85. The average Bonchev–Trinajstić information content (AvgIpc) is 2.33. The molecule has 1 aromatic carbocycles. The molecule has 0 spiro atoms. The summed E-state index contributed by atoms with van der Waals surface area (Å²) in [4.78, 5) is 0. The van der Waals surface area contributed by atoms with Crippen molar-refractivity contribution in [3.05, 3.63) is 35.1 Å². The molecule has 0 saturated heterocycles. The van der Waals surface area contributed by atoms with Crippen LogP contribution >= 0.6 is 0 Å². The quantitative estimate of drug-likeness (QED) is 0.488. The zero-order chi connectivity index (χ0) is 16.3. The molecule has 0 amide bonds. The summed E-state index contributed by atoms with van der Waals surface area (Å²) in [5.41, 5.74) is 0.554. The molecule has 1 atom stereocenters. The van der Waals surface area contributed by atoms with Crippen LogP contribution in [0, 0.1) is 5.82 Å². The predicted octanol–water partition coefficient (Wildman–Crippen LogP) is 4.08. The van der Waals surface area contributed by atoms with Crippen molar-refractivity contribution in [2.75, 3.05) is 0 Å². The van der Waals surface area contributed by atoms with Gasteiger partial charge >= 0.3 is 12.4 Å². The highest BCUT2D eigenvalue weighted by molar-refractivity contribution is 5.29. The zero-order valence-corrected chi connectivity index (χ0v) is 10.7. The Morgan fingerprint density at radius 1 is 1.10 bits per heavy atom. The van der Waals surface area contributed by atoms with Crippen LogP contribution in [0.3, 0.4) is 0 Å². The maximum atomic E-state index is 13.6. The fourth-order valence-corrected chi connectivity index (χ4v) is 1.82. The fourth-order valence-electron chi connectivity index (χ4n) is 1.82. The summed E-state index contributed by atoms with van der Waals surface area (Å²) in [6.45, 7) is 0. The van der Waals surface area contributed by atoms with Crippen LogP contribution in [0.5, 0.6) is 0 Å². The first-order chi connectivity index (χ1) is 9.54. The van der Waals surface area contributed by atoms with Crippen molar-refractivity contribution in [3.8, 4) is 0 Å². The summed E-state index contributed by atoms with van der Waals surface area (Å²) in [7, 11) is 0. The van der Waals surface area contributed by atoms with E-state index >= 15 is 0 Å². The van der Waals surface area contributed by atoms with Crippen LogP contribution in [0.2, 0.25) is 0 Å².